The maximum atomic E-state index is 13.7. The third-order valence-electron chi connectivity index (χ3n) is 5.95. The molecule has 0 aliphatic heterocycles. The third kappa shape index (κ3) is 4.91. The summed E-state index contributed by atoms with van der Waals surface area (Å²) in [6.45, 7) is 0. The summed E-state index contributed by atoms with van der Waals surface area (Å²) in [7, 11) is -3.55. The van der Waals surface area contributed by atoms with Crippen molar-refractivity contribution in [3.05, 3.63) is 84.8 Å². The van der Waals surface area contributed by atoms with Crippen LogP contribution in [0.5, 0.6) is 0 Å². The Morgan fingerprint density at radius 3 is 2.44 bits per heavy atom. The molecule has 0 bridgehead atoms. The highest BCUT2D eigenvalue weighted by Gasteiger charge is 2.36. The standard InChI is InChI=1S/C26H19F3N6O3S/c1-39(37,38)21-5-3-2-4-19(21)17-7-9-23(32-14-17)34(15-36)24-13-22(26(27,28)29)33-35(24)18-8-6-16-10-11-31-25(30)20(16)12-18/h2-15H,1H3,(H2,30,31). The first kappa shape index (κ1) is 25.9. The molecule has 0 radical (unpaired) electrons. The zero-order chi connectivity index (χ0) is 27.9. The number of halogens is 3. The molecule has 2 aromatic carbocycles. The van der Waals surface area contributed by atoms with Crippen LogP contribution in [0.4, 0.5) is 30.6 Å². The van der Waals surface area contributed by atoms with E-state index in [0.29, 0.717) is 22.9 Å². The van der Waals surface area contributed by atoms with Crippen molar-refractivity contribution in [2.45, 2.75) is 11.1 Å². The van der Waals surface area contributed by atoms with Crippen molar-refractivity contribution in [3.8, 4) is 16.8 Å². The predicted octanol–water partition coefficient (Wildman–Crippen LogP) is 4.78. The number of nitrogens with zero attached hydrogens (tertiary/aromatic N) is 5. The molecule has 3 aromatic heterocycles. The molecule has 9 nitrogen and oxygen atoms in total. The molecular formula is C26H19F3N6O3S. The fourth-order valence-corrected chi connectivity index (χ4v) is 5.03. The number of rotatable bonds is 6. The summed E-state index contributed by atoms with van der Waals surface area (Å²) in [5.74, 6) is -0.0590. The smallest absolute Gasteiger partial charge is 0.383 e. The highest BCUT2D eigenvalue weighted by atomic mass is 32.2. The van der Waals surface area contributed by atoms with Gasteiger partial charge < -0.3 is 5.73 Å². The van der Waals surface area contributed by atoms with Gasteiger partial charge in [-0.1, -0.05) is 24.3 Å². The molecule has 2 N–H and O–H groups in total. The Balaban J connectivity index is 1.62. The molecule has 5 rings (SSSR count). The molecule has 0 saturated carbocycles. The lowest BCUT2D eigenvalue weighted by atomic mass is 10.1. The number of benzene rings is 2. The van der Waals surface area contributed by atoms with Crippen LogP contribution in [0.15, 0.2) is 84.0 Å². The number of carbonyl (C=O) groups excluding carboxylic acids is 1. The molecule has 0 spiro atoms. The van der Waals surface area contributed by atoms with E-state index in [4.69, 9.17) is 5.73 Å². The molecule has 39 heavy (non-hydrogen) atoms. The Morgan fingerprint density at radius 2 is 1.77 bits per heavy atom. The number of amides is 1. The Bertz CT molecular complexity index is 1820. The first-order valence-electron chi connectivity index (χ1n) is 11.3. The van der Waals surface area contributed by atoms with E-state index in [2.05, 4.69) is 15.1 Å². The Kier molecular flexibility index (Phi) is 6.30. The molecule has 198 valence electrons. The van der Waals surface area contributed by atoms with E-state index in [9.17, 15) is 26.4 Å². The number of alkyl halides is 3. The summed E-state index contributed by atoms with van der Waals surface area (Å²) in [5.41, 5.74) is 5.77. The molecule has 0 saturated heterocycles. The number of hydrogen-bond acceptors (Lipinski definition) is 7. The maximum Gasteiger partial charge on any atom is 0.435 e. The molecule has 3 heterocycles. The van der Waals surface area contributed by atoms with Crippen LogP contribution in [-0.2, 0) is 20.8 Å². The number of sulfone groups is 1. The summed E-state index contributed by atoms with van der Waals surface area (Å²) >= 11 is 0. The average molecular weight is 553 g/mol. The van der Waals surface area contributed by atoms with Crippen molar-refractivity contribution in [2.75, 3.05) is 16.9 Å². The zero-order valence-corrected chi connectivity index (χ0v) is 21.0. The Morgan fingerprint density at radius 1 is 1.00 bits per heavy atom. The molecule has 0 aliphatic rings. The lowest BCUT2D eigenvalue weighted by Crippen LogP contribution is -2.19. The normalized spacial score (nSPS) is 12.0. The summed E-state index contributed by atoms with van der Waals surface area (Å²) in [6.07, 6.45) is -0.548. The quantitative estimate of drug-likeness (QED) is 0.301. The molecule has 0 unspecified atom stereocenters. The number of aromatic nitrogens is 4. The lowest BCUT2D eigenvalue weighted by Gasteiger charge is -2.18. The predicted molar refractivity (Wildman–Crippen MR) is 139 cm³/mol. The van der Waals surface area contributed by atoms with Gasteiger partial charge in [0.05, 0.1) is 10.6 Å². The van der Waals surface area contributed by atoms with Crippen molar-refractivity contribution in [2.24, 2.45) is 0 Å². The third-order valence-corrected chi connectivity index (χ3v) is 7.11. The van der Waals surface area contributed by atoms with Gasteiger partial charge in [-0.2, -0.15) is 18.3 Å². The summed E-state index contributed by atoms with van der Waals surface area (Å²) < 4.78 is 66.4. The van der Waals surface area contributed by atoms with Crippen molar-refractivity contribution in [1.82, 2.24) is 19.7 Å². The molecule has 1 amide bonds. The number of anilines is 3. The van der Waals surface area contributed by atoms with Crippen LogP contribution in [0.2, 0.25) is 0 Å². The van der Waals surface area contributed by atoms with Crippen LogP contribution < -0.4 is 10.6 Å². The van der Waals surface area contributed by atoms with Gasteiger partial charge in [-0.25, -0.2) is 23.1 Å². The largest absolute Gasteiger partial charge is 0.435 e. The van der Waals surface area contributed by atoms with Gasteiger partial charge in [0.1, 0.15) is 17.5 Å². The van der Waals surface area contributed by atoms with Gasteiger partial charge in [0.2, 0.25) is 6.41 Å². The van der Waals surface area contributed by atoms with E-state index < -0.39 is 21.7 Å². The van der Waals surface area contributed by atoms with Crippen LogP contribution >= 0.6 is 0 Å². The van der Waals surface area contributed by atoms with Gasteiger partial charge in [0.25, 0.3) is 0 Å². The minimum absolute atomic E-state index is 0.0116. The number of pyridine rings is 2. The molecule has 0 atom stereocenters. The van der Waals surface area contributed by atoms with E-state index in [1.807, 2.05) is 0 Å². The topological polar surface area (TPSA) is 124 Å². The van der Waals surface area contributed by atoms with Gasteiger partial charge in [-0.3, -0.25) is 9.69 Å². The number of hydrogen-bond donors (Lipinski definition) is 1. The van der Waals surface area contributed by atoms with Gasteiger partial charge in [-0.05, 0) is 41.8 Å². The van der Waals surface area contributed by atoms with Gasteiger partial charge in [0, 0.05) is 41.2 Å². The van der Waals surface area contributed by atoms with E-state index in [0.717, 1.165) is 27.3 Å². The van der Waals surface area contributed by atoms with Crippen LogP contribution in [0.25, 0.3) is 27.6 Å². The molecular weight excluding hydrogens is 533 g/mol. The molecule has 5 aromatic rings. The Hall–Kier alpha value is -4.78. The van der Waals surface area contributed by atoms with Crippen molar-refractivity contribution >= 4 is 44.5 Å². The maximum absolute atomic E-state index is 13.7. The number of carbonyl (C=O) groups is 1. The van der Waals surface area contributed by atoms with E-state index in [-0.39, 0.29) is 28.0 Å². The highest BCUT2D eigenvalue weighted by molar-refractivity contribution is 7.90. The average Bonchev–Trinajstić information content (AvgIpc) is 3.35. The number of nitrogens with two attached hydrogens (primary N) is 1. The van der Waals surface area contributed by atoms with E-state index in [1.165, 1.54) is 36.7 Å². The van der Waals surface area contributed by atoms with Crippen LogP contribution in [0.3, 0.4) is 0 Å². The van der Waals surface area contributed by atoms with Crippen LogP contribution in [-0.4, -0.2) is 40.8 Å². The fraction of sp³-hybridized carbons (Fsp3) is 0.0769. The monoisotopic (exact) mass is 552 g/mol. The second kappa shape index (κ2) is 9.51. The zero-order valence-electron chi connectivity index (χ0n) is 20.2. The SMILES string of the molecule is CS(=O)(=O)c1ccccc1-c1ccc(N(C=O)c2cc(C(F)(F)F)nn2-c2ccc3ccnc(N)c3c2)nc1. The van der Waals surface area contributed by atoms with Crippen molar-refractivity contribution in [1.29, 1.82) is 0 Å². The van der Waals surface area contributed by atoms with Crippen molar-refractivity contribution < 1.29 is 26.4 Å². The molecule has 13 heteroatoms. The van der Waals surface area contributed by atoms with E-state index >= 15 is 0 Å². The Labute approximate surface area is 220 Å². The summed E-state index contributed by atoms with van der Waals surface area (Å²) in [5, 5.41) is 4.93. The van der Waals surface area contributed by atoms with E-state index in [1.54, 1.807) is 36.4 Å². The highest BCUT2D eigenvalue weighted by Crippen LogP contribution is 2.36. The number of nitrogen functional groups attached to an aromatic ring is 1. The first-order valence-corrected chi connectivity index (χ1v) is 13.2. The fourth-order valence-electron chi connectivity index (χ4n) is 4.12. The van der Waals surface area contributed by atoms with Gasteiger partial charge >= 0.3 is 6.18 Å². The minimum atomic E-state index is -4.79. The van der Waals surface area contributed by atoms with Gasteiger partial charge in [0.15, 0.2) is 15.5 Å². The molecule has 0 aliphatic carbocycles. The summed E-state index contributed by atoms with van der Waals surface area (Å²) in [6, 6.07) is 16.4. The minimum Gasteiger partial charge on any atom is -0.383 e. The second-order valence-corrected chi connectivity index (χ2v) is 10.5. The lowest BCUT2D eigenvalue weighted by molar-refractivity contribution is -0.141. The van der Waals surface area contributed by atoms with Crippen molar-refractivity contribution in [3.63, 3.8) is 0 Å². The first-order chi connectivity index (χ1) is 18.5. The number of fused-ring (bicyclic) bond motifs is 1. The summed E-state index contributed by atoms with van der Waals surface area (Å²) in [4.78, 5) is 21.5. The van der Waals surface area contributed by atoms with Crippen LogP contribution in [0, 0.1) is 0 Å². The second-order valence-electron chi connectivity index (χ2n) is 8.55. The van der Waals surface area contributed by atoms with Gasteiger partial charge in [-0.15, -0.1) is 0 Å². The van der Waals surface area contributed by atoms with Crippen LogP contribution in [0.1, 0.15) is 5.69 Å². The molecule has 0 fully saturated rings.